The third-order valence-electron chi connectivity index (χ3n) is 3.13. The zero-order valence-corrected chi connectivity index (χ0v) is 12.5. The largest absolute Gasteiger partial charge is 0.491 e. The number of hydrogen-bond acceptors (Lipinski definition) is 4. The van der Waals surface area contributed by atoms with Crippen LogP contribution >= 0.6 is 0 Å². The van der Waals surface area contributed by atoms with Gasteiger partial charge in [0.1, 0.15) is 11.3 Å². The Morgan fingerprint density at radius 3 is 2.85 bits per heavy atom. The topological polar surface area (TPSA) is 65.3 Å². The van der Waals surface area contributed by atoms with Crippen molar-refractivity contribution in [3.63, 3.8) is 0 Å². The molecule has 0 aliphatic carbocycles. The van der Waals surface area contributed by atoms with E-state index >= 15 is 0 Å². The summed E-state index contributed by atoms with van der Waals surface area (Å²) in [5.41, 5.74) is 0.242. The predicted octanol–water partition coefficient (Wildman–Crippen LogP) is 2.62. The molecule has 4 nitrogen and oxygen atoms in total. The van der Waals surface area contributed by atoms with Crippen molar-refractivity contribution < 1.29 is 9.84 Å². The lowest BCUT2D eigenvalue weighted by Crippen LogP contribution is -2.44. The minimum atomic E-state index is -0.579. The standard InChI is InChI=1S/C16H24N2O2/c1-4-8-18-16(3,12-17)10-13(2)20-15-7-5-6-14(9-15)11-19/h5-7,9,13,18-19H,4,8,10-11H2,1-3H3. The lowest BCUT2D eigenvalue weighted by molar-refractivity contribution is 0.179. The second kappa shape index (κ2) is 7.88. The molecular weight excluding hydrogens is 252 g/mol. The first-order chi connectivity index (χ1) is 9.53. The Kier molecular flexibility index (Phi) is 6.50. The van der Waals surface area contributed by atoms with Crippen molar-refractivity contribution in [1.82, 2.24) is 5.32 Å². The number of nitrogens with zero attached hydrogens (tertiary/aromatic N) is 1. The molecule has 2 atom stereocenters. The van der Waals surface area contributed by atoms with Crippen molar-refractivity contribution >= 4 is 0 Å². The highest BCUT2D eigenvalue weighted by atomic mass is 16.5. The summed E-state index contributed by atoms with van der Waals surface area (Å²) in [6.45, 7) is 6.74. The van der Waals surface area contributed by atoms with E-state index < -0.39 is 5.54 Å². The van der Waals surface area contributed by atoms with Crippen LogP contribution in [-0.4, -0.2) is 23.3 Å². The lowest BCUT2D eigenvalue weighted by atomic mass is 9.96. The Morgan fingerprint density at radius 2 is 2.25 bits per heavy atom. The summed E-state index contributed by atoms with van der Waals surface area (Å²) in [4.78, 5) is 0. The average molecular weight is 276 g/mol. The van der Waals surface area contributed by atoms with E-state index in [1.807, 2.05) is 38.1 Å². The highest BCUT2D eigenvalue weighted by Crippen LogP contribution is 2.19. The number of nitriles is 1. The SMILES string of the molecule is CCCNC(C)(C#N)CC(C)Oc1cccc(CO)c1. The number of hydrogen-bond donors (Lipinski definition) is 2. The van der Waals surface area contributed by atoms with Crippen molar-refractivity contribution in [2.24, 2.45) is 0 Å². The van der Waals surface area contributed by atoms with E-state index in [-0.39, 0.29) is 12.7 Å². The van der Waals surface area contributed by atoms with E-state index in [0.29, 0.717) is 6.42 Å². The Hall–Kier alpha value is -1.57. The molecule has 0 radical (unpaired) electrons. The highest BCUT2D eigenvalue weighted by molar-refractivity contribution is 5.28. The van der Waals surface area contributed by atoms with Crippen LogP contribution in [0, 0.1) is 11.3 Å². The minimum absolute atomic E-state index is 0.000449. The first-order valence-corrected chi connectivity index (χ1v) is 7.05. The summed E-state index contributed by atoms with van der Waals surface area (Å²) in [7, 11) is 0. The van der Waals surface area contributed by atoms with Gasteiger partial charge in [0, 0.05) is 6.42 Å². The maximum absolute atomic E-state index is 9.31. The van der Waals surface area contributed by atoms with Crippen molar-refractivity contribution in [1.29, 1.82) is 5.26 Å². The Balaban J connectivity index is 2.61. The van der Waals surface area contributed by atoms with Crippen molar-refractivity contribution in [2.75, 3.05) is 6.54 Å². The number of aliphatic hydroxyl groups excluding tert-OH is 1. The minimum Gasteiger partial charge on any atom is -0.491 e. The van der Waals surface area contributed by atoms with Crippen LogP contribution in [0.4, 0.5) is 0 Å². The van der Waals surface area contributed by atoms with E-state index in [1.54, 1.807) is 0 Å². The summed E-state index contributed by atoms with van der Waals surface area (Å²) in [6, 6.07) is 9.70. The van der Waals surface area contributed by atoms with E-state index in [1.165, 1.54) is 0 Å². The van der Waals surface area contributed by atoms with Gasteiger partial charge in [0.2, 0.25) is 0 Å². The Bertz CT molecular complexity index is 456. The molecule has 0 heterocycles. The molecule has 2 unspecified atom stereocenters. The van der Waals surface area contributed by atoms with Gasteiger partial charge in [-0.2, -0.15) is 5.26 Å². The number of benzene rings is 1. The summed E-state index contributed by atoms with van der Waals surface area (Å²) in [6.07, 6.45) is 1.51. The van der Waals surface area contributed by atoms with Crippen LogP contribution in [0.1, 0.15) is 39.2 Å². The van der Waals surface area contributed by atoms with Gasteiger partial charge in [-0.05, 0) is 44.5 Å². The normalized spacial score (nSPS) is 15.2. The maximum atomic E-state index is 9.31. The fourth-order valence-corrected chi connectivity index (χ4v) is 2.12. The third kappa shape index (κ3) is 5.20. The Labute approximate surface area is 121 Å². The number of nitrogens with one attached hydrogen (secondary N) is 1. The van der Waals surface area contributed by atoms with E-state index in [0.717, 1.165) is 24.3 Å². The van der Waals surface area contributed by atoms with Gasteiger partial charge in [0.05, 0.1) is 18.8 Å². The number of aliphatic hydroxyl groups is 1. The van der Waals surface area contributed by atoms with Gasteiger partial charge in [0.15, 0.2) is 0 Å². The zero-order chi connectivity index (χ0) is 15.0. The summed E-state index contributed by atoms with van der Waals surface area (Å²) in [5.74, 6) is 0.722. The quantitative estimate of drug-likeness (QED) is 0.766. The first-order valence-electron chi connectivity index (χ1n) is 7.05. The first kappa shape index (κ1) is 16.5. The molecule has 0 bridgehead atoms. The molecule has 1 rings (SSSR count). The van der Waals surface area contributed by atoms with Crippen LogP contribution in [0.3, 0.4) is 0 Å². The molecule has 0 saturated carbocycles. The summed E-state index contributed by atoms with van der Waals surface area (Å²) in [5, 5.41) is 21.7. The summed E-state index contributed by atoms with van der Waals surface area (Å²) >= 11 is 0. The van der Waals surface area contributed by atoms with Crippen molar-refractivity contribution in [3.05, 3.63) is 29.8 Å². The van der Waals surface area contributed by atoms with Crippen LogP contribution in [0.15, 0.2) is 24.3 Å². The molecule has 0 aliphatic heterocycles. The Morgan fingerprint density at radius 1 is 1.50 bits per heavy atom. The molecular formula is C16H24N2O2. The summed E-state index contributed by atoms with van der Waals surface area (Å²) < 4.78 is 5.83. The molecule has 20 heavy (non-hydrogen) atoms. The van der Waals surface area contributed by atoms with Gasteiger partial charge in [-0.1, -0.05) is 19.1 Å². The van der Waals surface area contributed by atoms with Gasteiger partial charge in [0.25, 0.3) is 0 Å². The number of rotatable bonds is 8. The molecule has 0 saturated heterocycles. The molecule has 0 spiro atoms. The fourth-order valence-electron chi connectivity index (χ4n) is 2.12. The molecule has 2 N–H and O–H groups in total. The van der Waals surface area contributed by atoms with Crippen LogP contribution in [0.5, 0.6) is 5.75 Å². The molecule has 1 aromatic carbocycles. The van der Waals surface area contributed by atoms with Crippen LogP contribution < -0.4 is 10.1 Å². The van der Waals surface area contributed by atoms with Crippen LogP contribution in [0.25, 0.3) is 0 Å². The second-order valence-corrected chi connectivity index (χ2v) is 5.31. The van der Waals surface area contributed by atoms with E-state index in [9.17, 15) is 5.26 Å². The van der Waals surface area contributed by atoms with Gasteiger partial charge < -0.3 is 9.84 Å². The molecule has 1 aromatic rings. The van der Waals surface area contributed by atoms with Crippen molar-refractivity contribution in [2.45, 2.75) is 51.9 Å². The van der Waals surface area contributed by atoms with E-state index in [2.05, 4.69) is 18.3 Å². The molecule has 0 fully saturated rings. The zero-order valence-electron chi connectivity index (χ0n) is 12.5. The molecule has 0 amide bonds. The van der Waals surface area contributed by atoms with E-state index in [4.69, 9.17) is 9.84 Å². The number of ether oxygens (including phenoxy) is 1. The second-order valence-electron chi connectivity index (χ2n) is 5.31. The monoisotopic (exact) mass is 276 g/mol. The van der Waals surface area contributed by atoms with Crippen LogP contribution in [0.2, 0.25) is 0 Å². The molecule has 4 heteroatoms. The van der Waals surface area contributed by atoms with Gasteiger partial charge in [-0.15, -0.1) is 0 Å². The fraction of sp³-hybridized carbons (Fsp3) is 0.562. The highest BCUT2D eigenvalue weighted by Gasteiger charge is 2.26. The third-order valence-corrected chi connectivity index (χ3v) is 3.13. The molecule has 110 valence electrons. The lowest BCUT2D eigenvalue weighted by Gasteiger charge is -2.27. The van der Waals surface area contributed by atoms with Crippen molar-refractivity contribution in [3.8, 4) is 11.8 Å². The van der Waals surface area contributed by atoms with Gasteiger partial charge in [-0.3, -0.25) is 5.32 Å². The maximum Gasteiger partial charge on any atom is 0.120 e. The smallest absolute Gasteiger partial charge is 0.120 e. The van der Waals surface area contributed by atoms with Gasteiger partial charge in [-0.25, -0.2) is 0 Å². The van der Waals surface area contributed by atoms with Gasteiger partial charge >= 0.3 is 0 Å². The molecule has 0 aliphatic rings. The molecule has 0 aromatic heterocycles. The average Bonchev–Trinajstić information content (AvgIpc) is 2.45. The van der Waals surface area contributed by atoms with Crippen LogP contribution in [-0.2, 0) is 6.61 Å². The predicted molar refractivity (Wildman–Crippen MR) is 79.4 cm³/mol.